The van der Waals surface area contributed by atoms with Crippen molar-refractivity contribution in [1.29, 1.82) is 0 Å². The predicted octanol–water partition coefficient (Wildman–Crippen LogP) is 2.33. The van der Waals surface area contributed by atoms with Gasteiger partial charge in [0, 0.05) is 13.2 Å². The molecule has 0 spiro atoms. The fourth-order valence-electron chi connectivity index (χ4n) is 2.84. The molecule has 2 N–H and O–H groups in total. The maximum atomic E-state index is 13.5. The Balaban J connectivity index is 1.81. The van der Waals surface area contributed by atoms with Gasteiger partial charge in [-0.3, -0.25) is 0 Å². The number of rotatable bonds is 6. The number of ether oxygens (including phenoxy) is 1. The second kappa shape index (κ2) is 6.87. The quantitative estimate of drug-likeness (QED) is 0.831. The van der Waals surface area contributed by atoms with E-state index in [-0.39, 0.29) is 18.2 Å². The molecule has 0 radical (unpaired) electrons. The van der Waals surface area contributed by atoms with Gasteiger partial charge in [0.1, 0.15) is 0 Å². The number of hydrogen-bond donors (Lipinski definition) is 2. The van der Waals surface area contributed by atoms with Crippen LogP contribution in [0.4, 0.5) is 4.39 Å². The van der Waals surface area contributed by atoms with Crippen LogP contribution in [0, 0.1) is 17.7 Å². The van der Waals surface area contributed by atoms with Crippen LogP contribution >= 0.6 is 0 Å². The average Bonchev–Trinajstić information content (AvgIpc) is 2.86. The molecule has 106 valence electrons. The van der Waals surface area contributed by atoms with Crippen LogP contribution in [0.15, 0.2) is 18.2 Å². The first-order chi connectivity index (χ1) is 9.24. The zero-order chi connectivity index (χ0) is 13.7. The Labute approximate surface area is 113 Å². The monoisotopic (exact) mass is 267 g/mol. The van der Waals surface area contributed by atoms with Crippen LogP contribution in [0.2, 0.25) is 0 Å². The summed E-state index contributed by atoms with van der Waals surface area (Å²) < 4.78 is 18.4. The summed E-state index contributed by atoms with van der Waals surface area (Å²) in [4.78, 5) is 0. The van der Waals surface area contributed by atoms with Crippen molar-refractivity contribution in [3.63, 3.8) is 0 Å². The van der Waals surface area contributed by atoms with Crippen molar-refractivity contribution < 1.29 is 14.2 Å². The zero-order valence-corrected chi connectivity index (χ0v) is 11.4. The molecule has 2 unspecified atom stereocenters. The Hall–Kier alpha value is -1.13. The summed E-state index contributed by atoms with van der Waals surface area (Å²) in [6.45, 7) is 1.82. The van der Waals surface area contributed by atoms with Crippen molar-refractivity contribution in [3.05, 3.63) is 29.6 Å². The van der Waals surface area contributed by atoms with Crippen molar-refractivity contribution >= 4 is 0 Å². The summed E-state index contributed by atoms with van der Waals surface area (Å²) >= 11 is 0. The first-order valence-electron chi connectivity index (χ1n) is 6.88. The molecule has 2 atom stereocenters. The minimum absolute atomic E-state index is 0.278. The summed E-state index contributed by atoms with van der Waals surface area (Å²) in [5.41, 5.74) is 0.914. The molecule has 0 bridgehead atoms. The molecule has 0 aromatic heterocycles. The zero-order valence-electron chi connectivity index (χ0n) is 11.4. The van der Waals surface area contributed by atoms with E-state index in [1.54, 1.807) is 6.07 Å². The van der Waals surface area contributed by atoms with Gasteiger partial charge in [-0.2, -0.15) is 0 Å². The Morgan fingerprint density at radius 1 is 1.37 bits per heavy atom. The minimum Gasteiger partial charge on any atom is -0.494 e. The van der Waals surface area contributed by atoms with Crippen LogP contribution < -0.4 is 10.1 Å². The van der Waals surface area contributed by atoms with E-state index in [0.29, 0.717) is 18.4 Å². The van der Waals surface area contributed by atoms with E-state index in [0.717, 1.165) is 18.5 Å². The maximum Gasteiger partial charge on any atom is 0.165 e. The van der Waals surface area contributed by atoms with Gasteiger partial charge in [0.15, 0.2) is 11.6 Å². The van der Waals surface area contributed by atoms with Crippen LogP contribution in [0.1, 0.15) is 24.8 Å². The lowest BCUT2D eigenvalue weighted by Gasteiger charge is -2.17. The number of methoxy groups -OCH3 is 1. The van der Waals surface area contributed by atoms with E-state index in [1.807, 2.05) is 6.07 Å². The fourth-order valence-corrected chi connectivity index (χ4v) is 2.84. The lowest BCUT2D eigenvalue weighted by Crippen LogP contribution is -2.26. The lowest BCUT2D eigenvalue weighted by atomic mass is 9.97. The Morgan fingerprint density at radius 2 is 2.16 bits per heavy atom. The van der Waals surface area contributed by atoms with Gasteiger partial charge < -0.3 is 15.2 Å². The molecule has 1 fully saturated rings. The summed E-state index contributed by atoms with van der Waals surface area (Å²) in [5.74, 6) is 0.934. The highest BCUT2D eigenvalue weighted by atomic mass is 19.1. The fraction of sp³-hybridized carbons (Fsp3) is 0.600. The molecular weight excluding hydrogens is 245 g/mol. The van der Waals surface area contributed by atoms with Gasteiger partial charge in [-0.25, -0.2) is 4.39 Å². The van der Waals surface area contributed by atoms with Crippen molar-refractivity contribution in [3.8, 4) is 5.75 Å². The number of aliphatic hydroxyl groups is 1. The van der Waals surface area contributed by atoms with E-state index in [1.165, 1.54) is 26.0 Å². The highest BCUT2D eigenvalue weighted by Crippen LogP contribution is 2.30. The van der Waals surface area contributed by atoms with Gasteiger partial charge in [-0.1, -0.05) is 12.5 Å². The maximum absolute atomic E-state index is 13.5. The molecule has 0 heterocycles. The van der Waals surface area contributed by atoms with E-state index < -0.39 is 0 Å². The van der Waals surface area contributed by atoms with Crippen LogP contribution in [-0.2, 0) is 6.54 Å². The third-order valence-corrected chi connectivity index (χ3v) is 4.00. The van der Waals surface area contributed by atoms with Gasteiger partial charge in [-0.05, 0) is 48.9 Å². The summed E-state index contributed by atoms with van der Waals surface area (Å²) in [5, 5.41) is 12.6. The number of nitrogens with one attached hydrogen (secondary N) is 1. The van der Waals surface area contributed by atoms with Gasteiger partial charge in [0.2, 0.25) is 0 Å². The smallest absolute Gasteiger partial charge is 0.165 e. The molecular formula is C15H22FNO2. The van der Waals surface area contributed by atoms with E-state index >= 15 is 0 Å². The lowest BCUT2D eigenvalue weighted by molar-refractivity contribution is 0.192. The van der Waals surface area contributed by atoms with Crippen LogP contribution in [0.3, 0.4) is 0 Å². The Bertz CT molecular complexity index is 411. The van der Waals surface area contributed by atoms with Gasteiger partial charge in [0.05, 0.1) is 7.11 Å². The first-order valence-corrected chi connectivity index (χ1v) is 6.88. The molecule has 0 amide bonds. The van der Waals surface area contributed by atoms with Crippen molar-refractivity contribution in [1.82, 2.24) is 5.32 Å². The standard InChI is InChI=1S/C15H22FNO2/c1-19-15-6-5-11(7-14(15)16)8-17-9-12-3-2-4-13(12)10-18/h5-7,12-13,17-18H,2-4,8-10H2,1H3. The van der Waals surface area contributed by atoms with Crippen LogP contribution in [0.5, 0.6) is 5.75 Å². The molecule has 2 rings (SSSR count). The van der Waals surface area contributed by atoms with Crippen molar-refractivity contribution in [2.24, 2.45) is 11.8 Å². The topological polar surface area (TPSA) is 41.5 Å². The first kappa shape index (κ1) is 14.3. The van der Waals surface area contributed by atoms with E-state index in [9.17, 15) is 9.50 Å². The third-order valence-electron chi connectivity index (χ3n) is 4.00. The molecule has 1 aromatic carbocycles. The number of aliphatic hydroxyl groups excluding tert-OH is 1. The molecule has 1 aliphatic rings. The van der Waals surface area contributed by atoms with Crippen LogP contribution in [0.25, 0.3) is 0 Å². The SMILES string of the molecule is COc1ccc(CNCC2CCCC2CO)cc1F. The van der Waals surface area contributed by atoms with Gasteiger partial charge in [0.25, 0.3) is 0 Å². The second-order valence-corrected chi connectivity index (χ2v) is 5.23. The Kier molecular flexibility index (Phi) is 5.16. The molecule has 19 heavy (non-hydrogen) atoms. The predicted molar refractivity (Wildman–Crippen MR) is 72.6 cm³/mol. The molecule has 0 saturated heterocycles. The van der Waals surface area contributed by atoms with Gasteiger partial charge >= 0.3 is 0 Å². The van der Waals surface area contributed by atoms with E-state index in [2.05, 4.69) is 5.32 Å². The van der Waals surface area contributed by atoms with Crippen molar-refractivity contribution in [2.75, 3.05) is 20.3 Å². The summed E-state index contributed by atoms with van der Waals surface area (Å²) in [7, 11) is 1.46. The number of benzene rings is 1. The third kappa shape index (κ3) is 3.67. The second-order valence-electron chi connectivity index (χ2n) is 5.23. The van der Waals surface area contributed by atoms with Gasteiger partial charge in [-0.15, -0.1) is 0 Å². The number of halogens is 1. The molecule has 0 aliphatic heterocycles. The molecule has 4 heteroatoms. The normalized spacial score (nSPS) is 22.7. The Morgan fingerprint density at radius 3 is 2.84 bits per heavy atom. The minimum atomic E-state index is -0.323. The summed E-state index contributed by atoms with van der Waals surface area (Å²) in [6.07, 6.45) is 3.50. The van der Waals surface area contributed by atoms with E-state index in [4.69, 9.17) is 4.74 Å². The number of hydrogen-bond acceptors (Lipinski definition) is 3. The highest BCUT2D eigenvalue weighted by molar-refractivity contribution is 5.29. The molecule has 3 nitrogen and oxygen atoms in total. The molecule has 1 aromatic rings. The van der Waals surface area contributed by atoms with Crippen LogP contribution in [-0.4, -0.2) is 25.4 Å². The average molecular weight is 267 g/mol. The largest absolute Gasteiger partial charge is 0.494 e. The summed E-state index contributed by atoms with van der Waals surface area (Å²) in [6, 6.07) is 5.02. The molecule has 1 saturated carbocycles. The van der Waals surface area contributed by atoms with Crippen molar-refractivity contribution in [2.45, 2.75) is 25.8 Å². The molecule has 1 aliphatic carbocycles. The highest BCUT2D eigenvalue weighted by Gasteiger charge is 2.25.